The van der Waals surface area contributed by atoms with E-state index in [2.05, 4.69) is 21.5 Å². The van der Waals surface area contributed by atoms with Crippen LogP contribution in [0.4, 0.5) is 0 Å². The average molecular weight is 245 g/mol. The highest BCUT2D eigenvalue weighted by atomic mass is 16.5. The first-order valence-electron chi connectivity index (χ1n) is 5.64. The lowest BCUT2D eigenvalue weighted by molar-refractivity contribution is 0.0680. The molecule has 0 aliphatic carbocycles. The van der Waals surface area contributed by atoms with Crippen LogP contribution in [0.25, 0.3) is 0 Å². The fourth-order valence-corrected chi connectivity index (χ4v) is 2.16. The molecule has 1 aromatic heterocycles. The molecule has 18 heavy (non-hydrogen) atoms. The van der Waals surface area contributed by atoms with Crippen LogP contribution in [0.2, 0.25) is 0 Å². The first kappa shape index (κ1) is 10.9. The molecule has 2 heterocycles. The summed E-state index contributed by atoms with van der Waals surface area (Å²) in [5, 5.41) is 15.5. The van der Waals surface area contributed by atoms with Gasteiger partial charge in [-0.2, -0.15) is 4.98 Å². The molecule has 92 valence electrons. The summed E-state index contributed by atoms with van der Waals surface area (Å²) in [4.78, 5) is 14.6. The molecule has 6 nitrogen and oxygen atoms in total. The van der Waals surface area contributed by atoms with Crippen LogP contribution in [-0.4, -0.2) is 27.8 Å². The van der Waals surface area contributed by atoms with Gasteiger partial charge in [0.05, 0.1) is 0 Å². The lowest BCUT2D eigenvalue weighted by Gasteiger charge is -2.23. The highest BCUT2D eigenvalue weighted by molar-refractivity contribution is 5.82. The summed E-state index contributed by atoms with van der Waals surface area (Å²) in [6.45, 7) is 0.798. The van der Waals surface area contributed by atoms with E-state index in [1.54, 1.807) is 0 Å². The van der Waals surface area contributed by atoms with E-state index >= 15 is 0 Å². The van der Waals surface area contributed by atoms with E-state index in [-0.39, 0.29) is 11.9 Å². The molecule has 0 amide bonds. The van der Waals surface area contributed by atoms with Crippen LogP contribution < -0.4 is 5.32 Å². The molecule has 1 atom stereocenters. The number of carboxylic acids is 1. The van der Waals surface area contributed by atoms with Gasteiger partial charge in [0.15, 0.2) is 0 Å². The minimum atomic E-state index is -1.19. The zero-order valence-corrected chi connectivity index (χ0v) is 9.46. The zero-order valence-electron chi connectivity index (χ0n) is 9.46. The molecular formula is C12H11N3O3. The van der Waals surface area contributed by atoms with Crippen molar-refractivity contribution in [3.05, 3.63) is 47.1 Å². The van der Waals surface area contributed by atoms with Crippen molar-refractivity contribution in [2.75, 3.05) is 6.54 Å². The third-order valence-electron chi connectivity index (χ3n) is 2.99. The fraction of sp³-hybridized carbons (Fsp3) is 0.250. The maximum absolute atomic E-state index is 10.7. The second-order valence-corrected chi connectivity index (χ2v) is 4.10. The number of hydrogen-bond donors (Lipinski definition) is 2. The maximum atomic E-state index is 10.7. The molecular weight excluding hydrogens is 234 g/mol. The zero-order chi connectivity index (χ0) is 12.5. The Morgan fingerprint density at radius 3 is 3.06 bits per heavy atom. The molecule has 0 saturated carbocycles. The van der Waals surface area contributed by atoms with Gasteiger partial charge in [-0.05, 0) is 22.7 Å². The number of carboxylic acid groups (broad SMARTS) is 1. The molecule has 2 aromatic rings. The Balaban J connectivity index is 2.00. The SMILES string of the molecule is O=C(O)c1noc(C2NCCc3ccccc32)n1. The number of rotatable bonds is 2. The Kier molecular flexibility index (Phi) is 2.56. The highest BCUT2D eigenvalue weighted by Gasteiger charge is 2.26. The predicted molar refractivity (Wildman–Crippen MR) is 61.2 cm³/mol. The predicted octanol–water partition coefficient (Wildman–Crippen LogP) is 1.00. The molecule has 0 saturated heterocycles. The molecule has 1 aliphatic heterocycles. The monoisotopic (exact) mass is 245 g/mol. The maximum Gasteiger partial charge on any atom is 0.377 e. The van der Waals surface area contributed by atoms with E-state index in [1.165, 1.54) is 5.56 Å². The first-order valence-corrected chi connectivity index (χ1v) is 5.64. The number of hydrogen-bond acceptors (Lipinski definition) is 5. The summed E-state index contributed by atoms with van der Waals surface area (Å²) in [5.74, 6) is -1.21. The molecule has 0 bridgehead atoms. The summed E-state index contributed by atoms with van der Waals surface area (Å²) in [6.07, 6.45) is 0.937. The Labute approximate surface area is 103 Å². The smallest absolute Gasteiger partial charge is 0.377 e. The van der Waals surface area contributed by atoms with Crippen LogP contribution in [0.3, 0.4) is 0 Å². The minimum absolute atomic E-state index is 0.226. The second kappa shape index (κ2) is 4.23. The van der Waals surface area contributed by atoms with Crippen molar-refractivity contribution in [1.82, 2.24) is 15.5 Å². The van der Waals surface area contributed by atoms with Gasteiger partial charge < -0.3 is 14.9 Å². The summed E-state index contributed by atoms with van der Waals surface area (Å²) in [7, 11) is 0. The molecule has 0 fully saturated rings. The van der Waals surface area contributed by atoms with Gasteiger partial charge in [0.2, 0.25) is 5.89 Å². The lowest BCUT2D eigenvalue weighted by Crippen LogP contribution is -2.30. The van der Waals surface area contributed by atoms with E-state index in [1.807, 2.05) is 18.2 Å². The summed E-state index contributed by atoms with van der Waals surface area (Å²) >= 11 is 0. The molecule has 0 radical (unpaired) electrons. The topological polar surface area (TPSA) is 88.2 Å². The number of nitrogens with one attached hydrogen (secondary N) is 1. The van der Waals surface area contributed by atoms with Crippen LogP contribution in [0.1, 0.15) is 33.7 Å². The third-order valence-corrected chi connectivity index (χ3v) is 2.99. The Morgan fingerprint density at radius 1 is 1.44 bits per heavy atom. The van der Waals surface area contributed by atoms with Gasteiger partial charge in [-0.15, -0.1) is 0 Å². The van der Waals surface area contributed by atoms with Crippen molar-refractivity contribution >= 4 is 5.97 Å². The van der Waals surface area contributed by atoms with Crippen LogP contribution in [0.15, 0.2) is 28.8 Å². The van der Waals surface area contributed by atoms with Gasteiger partial charge in [0, 0.05) is 6.54 Å². The van der Waals surface area contributed by atoms with Gasteiger partial charge >= 0.3 is 5.97 Å². The molecule has 0 spiro atoms. The lowest BCUT2D eigenvalue weighted by atomic mass is 9.94. The Hall–Kier alpha value is -2.21. The van der Waals surface area contributed by atoms with Gasteiger partial charge in [-0.3, -0.25) is 0 Å². The van der Waals surface area contributed by atoms with Crippen molar-refractivity contribution in [2.24, 2.45) is 0 Å². The summed E-state index contributed by atoms with van der Waals surface area (Å²) in [5.41, 5.74) is 2.28. The number of benzene rings is 1. The number of fused-ring (bicyclic) bond motifs is 1. The second-order valence-electron chi connectivity index (χ2n) is 4.10. The number of aromatic nitrogens is 2. The first-order chi connectivity index (χ1) is 8.75. The Morgan fingerprint density at radius 2 is 2.28 bits per heavy atom. The van der Waals surface area contributed by atoms with Gasteiger partial charge in [0.25, 0.3) is 5.82 Å². The molecule has 3 rings (SSSR count). The van der Waals surface area contributed by atoms with E-state index in [9.17, 15) is 4.79 Å². The number of aromatic carboxylic acids is 1. The molecule has 1 aromatic carbocycles. The third kappa shape index (κ3) is 1.76. The quantitative estimate of drug-likeness (QED) is 0.820. The van der Waals surface area contributed by atoms with Crippen LogP contribution >= 0.6 is 0 Å². The van der Waals surface area contributed by atoms with Crippen LogP contribution in [0, 0.1) is 0 Å². The Bertz CT molecular complexity index is 594. The fourth-order valence-electron chi connectivity index (χ4n) is 2.16. The summed E-state index contributed by atoms with van der Waals surface area (Å²) in [6, 6.07) is 7.73. The van der Waals surface area contributed by atoms with Crippen LogP contribution in [0.5, 0.6) is 0 Å². The summed E-state index contributed by atoms with van der Waals surface area (Å²) < 4.78 is 5.02. The average Bonchev–Trinajstić information content (AvgIpc) is 2.87. The van der Waals surface area contributed by atoms with Crippen LogP contribution in [-0.2, 0) is 6.42 Å². The minimum Gasteiger partial charge on any atom is -0.475 e. The van der Waals surface area contributed by atoms with E-state index in [0.29, 0.717) is 5.89 Å². The molecule has 6 heteroatoms. The van der Waals surface area contributed by atoms with E-state index in [0.717, 1.165) is 18.5 Å². The van der Waals surface area contributed by atoms with Gasteiger partial charge in [-0.1, -0.05) is 24.3 Å². The van der Waals surface area contributed by atoms with Crippen molar-refractivity contribution in [1.29, 1.82) is 0 Å². The molecule has 1 unspecified atom stereocenters. The van der Waals surface area contributed by atoms with Gasteiger partial charge in [0.1, 0.15) is 6.04 Å². The molecule has 2 N–H and O–H groups in total. The molecule has 1 aliphatic rings. The van der Waals surface area contributed by atoms with Crippen molar-refractivity contribution < 1.29 is 14.4 Å². The number of nitrogens with zero attached hydrogens (tertiary/aromatic N) is 2. The van der Waals surface area contributed by atoms with Gasteiger partial charge in [-0.25, -0.2) is 4.79 Å². The largest absolute Gasteiger partial charge is 0.475 e. The van der Waals surface area contributed by atoms with E-state index < -0.39 is 5.97 Å². The van der Waals surface area contributed by atoms with Crippen molar-refractivity contribution in [2.45, 2.75) is 12.5 Å². The van der Waals surface area contributed by atoms with Crippen molar-refractivity contribution in [3.63, 3.8) is 0 Å². The number of carbonyl (C=O) groups is 1. The standard InChI is InChI=1S/C12H11N3O3/c16-12(17)10-14-11(18-15-10)9-8-4-2-1-3-7(8)5-6-13-9/h1-4,9,13H,5-6H2,(H,16,17). The van der Waals surface area contributed by atoms with Crippen molar-refractivity contribution in [3.8, 4) is 0 Å². The normalized spacial score (nSPS) is 18.3. The highest BCUT2D eigenvalue weighted by Crippen LogP contribution is 2.27. The van der Waals surface area contributed by atoms with E-state index in [4.69, 9.17) is 9.63 Å².